The summed E-state index contributed by atoms with van der Waals surface area (Å²) < 4.78 is 19.5. The van der Waals surface area contributed by atoms with Gasteiger partial charge in [0.05, 0.1) is 0 Å². The molecule has 1 saturated heterocycles. The maximum absolute atomic E-state index is 13.6. The number of nitrogens with zero attached hydrogens (tertiary/aromatic N) is 1. The van der Waals surface area contributed by atoms with Crippen molar-refractivity contribution in [1.82, 2.24) is 10.2 Å². The van der Waals surface area contributed by atoms with E-state index in [9.17, 15) is 9.18 Å². The van der Waals surface area contributed by atoms with Crippen LogP contribution in [0, 0.1) is 5.82 Å². The lowest BCUT2D eigenvalue weighted by Crippen LogP contribution is -2.46. The van der Waals surface area contributed by atoms with Gasteiger partial charge in [0.15, 0.2) is 6.10 Å². The Morgan fingerprint density at radius 1 is 1.26 bits per heavy atom. The summed E-state index contributed by atoms with van der Waals surface area (Å²) in [5, 5.41) is 3.44. The van der Waals surface area contributed by atoms with Gasteiger partial charge in [-0.2, -0.15) is 0 Å². The van der Waals surface area contributed by atoms with Gasteiger partial charge in [0, 0.05) is 19.1 Å². The molecule has 2 aromatic carbocycles. The van der Waals surface area contributed by atoms with E-state index in [-0.39, 0.29) is 17.8 Å². The molecule has 4 nitrogen and oxygen atoms in total. The molecule has 144 valence electrons. The first-order valence-electron chi connectivity index (χ1n) is 9.64. The number of benzene rings is 2. The van der Waals surface area contributed by atoms with Crippen LogP contribution in [-0.4, -0.2) is 36.0 Å². The van der Waals surface area contributed by atoms with Crippen LogP contribution in [0.3, 0.4) is 0 Å². The minimum absolute atomic E-state index is 0.0562. The third kappa shape index (κ3) is 5.54. The van der Waals surface area contributed by atoms with E-state index in [0.29, 0.717) is 25.3 Å². The fourth-order valence-electron chi connectivity index (χ4n) is 3.44. The predicted molar refractivity (Wildman–Crippen MR) is 104 cm³/mol. The number of halogens is 1. The highest BCUT2D eigenvalue weighted by Gasteiger charge is 2.28. The topological polar surface area (TPSA) is 41.6 Å². The van der Waals surface area contributed by atoms with Crippen LogP contribution >= 0.6 is 0 Å². The maximum atomic E-state index is 13.6. The summed E-state index contributed by atoms with van der Waals surface area (Å²) in [6.45, 7) is 3.90. The van der Waals surface area contributed by atoms with Gasteiger partial charge >= 0.3 is 0 Å². The van der Waals surface area contributed by atoms with Crippen LogP contribution in [0.5, 0.6) is 5.75 Å². The summed E-state index contributed by atoms with van der Waals surface area (Å²) >= 11 is 0. The van der Waals surface area contributed by atoms with Crippen molar-refractivity contribution in [3.8, 4) is 5.75 Å². The molecule has 5 heteroatoms. The lowest BCUT2D eigenvalue weighted by molar-refractivity contribution is -0.139. The number of amides is 1. The van der Waals surface area contributed by atoms with Gasteiger partial charge in [-0.25, -0.2) is 4.39 Å². The Morgan fingerprint density at radius 2 is 2.07 bits per heavy atom. The van der Waals surface area contributed by atoms with Crippen molar-refractivity contribution in [2.45, 2.75) is 44.9 Å². The molecule has 0 aromatic heterocycles. The van der Waals surface area contributed by atoms with E-state index in [1.54, 1.807) is 11.0 Å². The van der Waals surface area contributed by atoms with E-state index in [4.69, 9.17) is 4.74 Å². The quantitative estimate of drug-likeness (QED) is 0.769. The van der Waals surface area contributed by atoms with Crippen LogP contribution in [0.4, 0.5) is 4.39 Å². The Hall–Kier alpha value is -2.40. The van der Waals surface area contributed by atoms with Crippen molar-refractivity contribution in [2.24, 2.45) is 0 Å². The molecule has 3 rings (SSSR count). The molecule has 0 aliphatic carbocycles. The molecule has 1 aliphatic heterocycles. The summed E-state index contributed by atoms with van der Waals surface area (Å²) in [4.78, 5) is 15.0. The summed E-state index contributed by atoms with van der Waals surface area (Å²) in [6.07, 6.45) is 2.18. The van der Waals surface area contributed by atoms with Gasteiger partial charge in [0.2, 0.25) is 0 Å². The van der Waals surface area contributed by atoms with Crippen LogP contribution in [0.2, 0.25) is 0 Å². The zero-order chi connectivity index (χ0) is 19.1. The second-order valence-corrected chi connectivity index (χ2v) is 6.97. The third-order valence-corrected chi connectivity index (χ3v) is 4.85. The lowest BCUT2D eigenvalue weighted by Gasteiger charge is -2.29. The number of hydrogen-bond donors (Lipinski definition) is 1. The van der Waals surface area contributed by atoms with E-state index < -0.39 is 6.10 Å². The first-order valence-corrected chi connectivity index (χ1v) is 9.64. The van der Waals surface area contributed by atoms with Crippen LogP contribution in [0.25, 0.3) is 0 Å². The lowest BCUT2D eigenvalue weighted by atomic mass is 10.1. The molecule has 1 aliphatic rings. The van der Waals surface area contributed by atoms with E-state index in [1.807, 2.05) is 43.3 Å². The van der Waals surface area contributed by atoms with Crippen molar-refractivity contribution in [1.29, 1.82) is 0 Å². The number of carbonyl (C=O) groups is 1. The first-order chi connectivity index (χ1) is 13.2. The van der Waals surface area contributed by atoms with Crippen LogP contribution in [-0.2, 0) is 11.3 Å². The second kappa shape index (κ2) is 9.51. The minimum atomic E-state index is -0.553. The molecular weight excluding hydrogens is 343 g/mol. The smallest absolute Gasteiger partial charge is 0.263 e. The Labute approximate surface area is 160 Å². The highest BCUT2D eigenvalue weighted by atomic mass is 19.1. The van der Waals surface area contributed by atoms with Gasteiger partial charge < -0.3 is 15.0 Å². The molecule has 0 saturated carbocycles. The van der Waals surface area contributed by atoms with Crippen molar-refractivity contribution in [2.75, 3.05) is 13.1 Å². The molecule has 1 heterocycles. The molecule has 0 radical (unpaired) electrons. The standard InChI is InChI=1S/C22H27FN2O2/c1-2-21(27-20-11-4-3-5-12-20)22(26)25(16-19-10-7-13-24-19)15-17-8-6-9-18(23)14-17/h3-6,8-9,11-12,14,19,21,24H,2,7,10,13,15-16H2,1H3. The maximum Gasteiger partial charge on any atom is 0.263 e. The van der Waals surface area contributed by atoms with E-state index in [1.165, 1.54) is 12.1 Å². The third-order valence-electron chi connectivity index (χ3n) is 4.85. The van der Waals surface area contributed by atoms with Crippen molar-refractivity contribution >= 4 is 5.91 Å². The zero-order valence-corrected chi connectivity index (χ0v) is 15.7. The van der Waals surface area contributed by atoms with E-state index >= 15 is 0 Å². The highest BCUT2D eigenvalue weighted by Crippen LogP contribution is 2.17. The Bertz CT molecular complexity index is 732. The molecule has 2 aromatic rings. The van der Waals surface area contributed by atoms with Crippen LogP contribution in [0.1, 0.15) is 31.7 Å². The normalized spacial score (nSPS) is 17.5. The minimum Gasteiger partial charge on any atom is -0.481 e. The zero-order valence-electron chi connectivity index (χ0n) is 15.7. The molecule has 1 fully saturated rings. The van der Waals surface area contributed by atoms with Crippen molar-refractivity contribution in [3.05, 3.63) is 66.0 Å². The molecule has 1 N–H and O–H groups in total. The fourth-order valence-corrected chi connectivity index (χ4v) is 3.44. The number of ether oxygens (including phenoxy) is 1. The molecule has 0 bridgehead atoms. The molecule has 1 amide bonds. The average molecular weight is 370 g/mol. The molecular formula is C22H27FN2O2. The number of rotatable bonds is 8. The van der Waals surface area contributed by atoms with Crippen molar-refractivity contribution < 1.29 is 13.9 Å². The molecule has 2 unspecified atom stereocenters. The molecule has 27 heavy (non-hydrogen) atoms. The van der Waals surface area contributed by atoms with Crippen LogP contribution < -0.4 is 10.1 Å². The Kier molecular flexibility index (Phi) is 6.82. The predicted octanol–water partition coefficient (Wildman–Crippen LogP) is 3.76. The van der Waals surface area contributed by atoms with Gasteiger partial charge in [0.1, 0.15) is 11.6 Å². The van der Waals surface area contributed by atoms with E-state index in [0.717, 1.165) is 24.9 Å². The summed E-state index contributed by atoms with van der Waals surface area (Å²) in [5.41, 5.74) is 0.788. The van der Waals surface area contributed by atoms with Gasteiger partial charge in [-0.1, -0.05) is 37.3 Å². The van der Waals surface area contributed by atoms with E-state index in [2.05, 4.69) is 5.32 Å². The number of nitrogens with one attached hydrogen (secondary N) is 1. The monoisotopic (exact) mass is 370 g/mol. The Morgan fingerprint density at radius 3 is 2.74 bits per heavy atom. The molecule has 2 atom stereocenters. The molecule has 0 spiro atoms. The first kappa shape index (κ1) is 19.4. The van der Waals surface area contributed by atoms with Crippen molar-refractivity contribution in [3.63, 3.8) is 0 Å². The second-order valence-electron chi connectivity index (χ2n) is 6.97. The summed E-state index contributed by atoms with van der Waals surface area (Å²) in [7, 11) is 0. The summed E-state index contributed by atoms with van der Waals surface area (Å²) in [5.74, 6) is 0.341. The number of para-hydroxylation sites is 1. The number of carbonyl (C=O) groups excluding carboxylic acids is 1. The Balaban J connectivity index is 1.75. The van der Waals surface area contributed by atoms with Gasteiger partial charge in [0.25, 0.3) is 5.91 Å². The van der Waals surface area contributed by atoms with Crippen LogP contribution in [0.15, 0.2) is 54.6 Å². The largest absolute Gasteiger partial charge is 0.481 e. The summed E-state index contributed by atoms with van der Waals surface area (Å²) in [6, 6.07) is 16.1. The fraction of sp³-hybridized carbons (Fsp3) is 0.409. The highest BCUT2D eigenvalue weighted by molar-refractivity contribution is 5.81. The van der Waals surface area contributed by atoms with Gasteiger partial charge in [-0.15, -0.1) is 0 Å². The SMILES string of the molecule is CCC(Oc1ccccc1)C(=O)N(Cc1cccc(F)c1)CC1CCCN1. The number of hydrogen-bond acceptors (Lipinski definition) is 3. The average Bonchev–Trinajstić information content (AvgIpc) is 3.19. The van der Waals surface area contributed by atoms with Gasteiger partial charge in [-0.3, -0.25) is 4.79 Å². The van der Waals surface area contributed by atoms with Gasteiger partial charge in [-0.05, 0) is 55.6 Å².